The lowest BCUT2D eigenvalue weighted by atomic mass is 10.1. The van der Waals surface area contributed by atoms with Gasteiger partial charge in [0.05, 0.1) is 0 Å². The second kappa shape index (κ2) is 3.59. The Morgan fingerprint density at radius 1 is 1.31 bits per heavy atom. The molecule has 0 unspecified atom stereocenters. The van der Waals surface area contributed by atoms with Crippen molar-refractivity contribution in [2.24, 2.45) is 0 Å². The number of H-pyrrole nitrogens is 1. The van der Waals surface area contributed by atoms with E-state index in [1.165, 1.54) is 18.4 Å². The van der Waals surface area contributed by atoms with Crippen LogP contribution in [0.5, 0.6) is 0 Å². The highest BCUT2D eigenvalue weighted by atomic mass is 16.1. The molecular weight excluding hydrogens is 200 g/mol. The molecule has 16 heavy (non-hydrogen) atoms. The Balaban J connectivity index is 2.09. The Labute approximate surface area is 93.2 Å². The van der Waals surface area contributed by atoms with Gasteiger partial charge in [0.15, 0.2) is 0 Å². The van der Waals surface area contributed by atoms with Gasteiger partial charge in [-0.1, -0.05) is 18.2 Å². The van der Waals surface area contributed by atoms with Gasteiger partial charge in [-0.2, -0.15) is 0 Å². The fourth-order valence-electron chi connectivity index (χ4n) is 1.91. The molecule has 0 bridgehead atoms. The number of aromatic nitrogens is 2. The van der Waals surface area contributed by atoms with E-state index in [2.05, 4.69) is 22.1 Å². The van der Waals surface area contributed by atoms with Gasteiger partial charge in [-0.3, -0.25) is 4.79 Å². The third-order valence-corrected chi connectivity index (χ3v) is 2.92. The molecule has 1 N–H and O–H groups in total. The van der Waals surface area contributed by atoms with E-state index in [9.17, 15) is 4.79 Å². The smallest absolute Gasteiger partial charge is 0.274 e. The van der Waals surface area contributed by atoms with Crippen molar-refractivity contribution in [3.63, 3.8) is 0 Å². The molecule has 1 aliphatic rings. The SMILES string of the molecule is O=c1[nH]ccnc1-c1cccc(C2CC2)c1. The number of hydrogen-bond acceptors (Lipinski definition) is 2. The van der Waals surface area contributed by atoms with Gasteiger partial charge in [0.1, 0.15) is 5.69 Å². The number of nitrogens with one attached hydrogen (secondary N) is 1. The monoisotopic (exact) mass is 212 g/mol. The van der Waals surface area contributed by atoms with E-state index in [4.69, 9.17) is 0 Å². The lowest BCUT2D eigenvalue weighted by Crippen LogP contribution is -2.09. The molecule has 0 radical (unpaired) electrons. The lowest BCUT2D eigenvalue weighted by molar-refractivity contribution is 1.12. The normalized spacial score (nSPS) is 15.0. The summed E-state index contributed by atoms with van der Waals surface area (Å²) in [6, 6.07) is 8.13. The summed E-state index contributed by atoms with van der Waals surface area (Å²) in [7, 11) is 0. The van der Waals surface area contributed by atoms with E-state index in [1.54, 1.807) is 12.4 Å². The minimum absolute atomic E-state index is 0.129. The first-order chi connectivity index (χ1) is 7.84. The van der Waals surface area contributed by atoms with E-state index in [-0.39, 0.29) is 5.56 Å². The van der Waals surface area contributed by atoms with Crippen molar-refractivity contribution in [3.05, 3.63) is 52.6 Å². The summed E-state index contributed by atoms with van der Waals surface area (Å²) in [5, 5.41) is 0. The van der Waals surface area contributed by atoms with Gasteiger partial charge in [0, 0.05) is 18.0 Å². The third-order valence-electron chi connectivity index (χ3n) is 2.92. The molecule has 1 heterocycles. The fraction of sp³-hybridized carbons (Fsp3) is 0.231. The summed E-state index contributed by atoms with van der Waals surface area (Å²) in [5.74, 6) is 0.697. The maximum Gasteiger partial charge on any atom is 0.274 e. The molecule has 1 saturated carbocycles. The first-order valence-electron chi connectivity index (χ1n) is 5.48. The third kappa shape index (κ3) is 1.65. The topological polar surface area (TPSA) is 45.8 Å². The Bertz CT molecular complexity index is 570. The molecule has 2 aromatic rings. The van der Waals surface area contributed by atoms with Crippen LogP contribution >= 0.6 is 0 Å². The lowest BCUT2D eigenvalue weighted by Gasteiger charge is -2.02. The quantitative estimate of drug-likeness (QED) is 0.830. The molecule has 0 aliphatic heterocycles. The van der Waals surface area contributed by atoms with Crippen molar-refractivity contribution in [3.8, 4) is 11.3 Å². The first kappa shape index (κ1) is 9.33. The van der Waals surface area contributed by atoms with Crippen molar-refractivity contribution in [1.82, 2.24) is 9.97 Å². The zero-order valence-electron chi connectivity index (χ0n) is 8.81. The highest BCUT2D eigenvalue weighted by molar-refractivity contribution is 5.59. The van der Waals surface area contributed by atoms with Crippen LogP contribution in [-0.4, -0.2) is 9.97 Å². The van der Waals surface area contributed by atoms with E-state index in [0.29, 0.717) is 11.6 Å². The highest BCUT2D eigenvalue weighted by Gasteiger charge is 2.23. The zero-order chi connectivity index (χ0) is 11.0. The largest absolute Gasteiger partial charge is 0.326 e. The molecule has 80 valence electrons. The molecule has 3 nitrogen and oxygen atoms in total. The molecule has 3 heteroatoms. The number of hydrogen-bond donors (Lipinski definition) is 1. The Morgan fingerprint density at radius 2 is 2.19 bits per heavy atom. The number of aromatic amines is 1. The van der Waals surface area contributed by atoms with Crippen LogP contribution in [0.1, 0.15) is 24.3 Å². The predicted octanol–water partition coefficient (Wildman–Crippen LogP) is 2.31. The van der Waals surface area contributed by atoms with Gasteiger partial charge >= 0.3 is 0 Å². The van der Waals surface area contributed by atoms with Gasteiger partial charge in [-0.05, 0) is 30.4 Å². The number of nitrogens with zero attached hydrogens (tertiary/aromatic N) is 1. The molecule has 1 fully saturated rings. The summed E-state index contributed by atoms with van der Waals surface area (Å²) in [4.78, 5) is 18.4. The summed E-state index contributed by atoms with van der Waals surface area (Å²) in [6.45, 7) is 0. The van der Waals surface area contributed by atoms with Crippen LogP contribution < -0.4 is 5.56 Å². The van der Waals surface area contributed by atoms with Gasteiger partial charge in [-0.15, -0.1) is 0 Å². The van der Waals surface area contributed by atoms with Crippen molar-refractivity contribution in [2.75, 3.05) is 0 Å². The Kier molecular flexibility index (Phi) is 2.10. The van der Waals surface area contributed by atoms with Crippen LogP contribution in [0.15, 0.2) is 41.5 Å². The van der Waals surface area contributed by atoms with Crippen molar-refractivity contribution < 1.29 is 0 Å². The Morgan fingerprint density at radius 3 is 2.94 bits per heavy atom. The molecule has 1 aromatic carbocycles. The second-order valence-corrected chi connectivity index (χ2v) is 4.17. The molecule has 0 saturated heterocycles. The molecule has 0 atom stereocenters. The van der Waals surface area contributed by atoms with Crippen LogP contribution in [0.25, 0.3) is 11.3 Å². The van der Waals surface area contributed by atoms with Crippen LogP contribution in [0.2, 0.25) is 0 Å². The van der Waals surface area contributed by atoms with Crippen molar-refractivity contribution >= 4 is 0 Å². The number of rotatable bonds is 2. The molecule has 3 rings (SSSR count). The minimum Gasteiger partial charge on any atom is -0.326 e. The van der Waals surface area contributed by atoms with Crippen LogP contribution in [0, 0.1) is 0 Å². The summed E-state index contributed by atoms with van der Waals surface area (Å²) in [5.41, 5.74) is 2.61. The summed E-state index contributed by atoms with van der Waals surface area (Å²) >= 11 is 0. The maximum absolute atomic E-state index is 11.6. The molecule has 1 aliphatic carbocycles. The molecular formula is C13H12N2O. The van der Waals surface area contributed by atoms with E-state index < -0.39 is 0 Å². The predicted molar refractivity (Wildman–Crippen MR) is 62.3 cm³/mol. The maximum atomic E-state index is 11.6. The van der Waals surface area contributed by atoms with Gasteiger partial charge in [-0.25, -0.2) is 4.98 Å². The summed E-state index contributed by atoms with van der Waals surface area (Å²) < 4.78 is 0. The molecule has 1 aromatic heterocycles. The van der Waals surface area contributed by atoms with E-state index in [1.807, 2.05) is 12.1 Å². The average Bonchev–Trinajstić information content (AvgIpc) is 3.14. The van der Waals surface area contributed by atoms with Gasteiger partial charge in [0.2, 0.25) is 0 Å². The van der Waals surface area contributed by atoms with Crippen molar-refractivity contribution in [2.45, 2.75) is 18.8 Å². The molecule has 0 amide bonds. The zero-order valence-corrected chi connectivity index (χ0v) is 8.81. The number of benzene rings is 1. The summed E-state index contributed by atoms with van der Waals surface area (Å²) in [6.07, 6.45) is 5.70. The van der Waals surface area contributed by atoms with E-state index in [0.717, 1.165) is 5.56 Å². The second-order valence-electron chi connectivity index (χ2n) is 4.17. The molecule has 0 spiro atoms. The van der Waals surface area contributed by atoms with E-state index >= 15 is 0 Å². The fourth-order valence-corrected chi connectivity index (χ4v) is 1.91. The van der Waals surface area contributed by atoms with Crippen LogP contribution in [0.4, 0.5) is 0 Å². The van der Waals surface area contributed by atoms with Crippen LogP contribution in [-0.2, 0) is 0 Å². The average molecular weight is 212 g/mol. The minimum atomic E-state index is -0.129. The Hall–Kier alpha value is -1.90. The van der Waals surface area contributed by atoms with Crippen molar-refractivity contribution in [1.29, 1.82) is 0 Å². The van der Waals surface area contributed by atoms with Gasteiger partial charge in [0.25, 0.3) is 5.56 Å². The highest BCUT2D eigenvalue weighted by Crippen LogP contribution is 2.40. The van der Waals surface area contributed by atoms with Gasteiger partial charge < -0.3 is 4.98 Å². The first-order valence-corrected chi connectivity index (χ1v) is 5.48. The standard InChI is InChI=1S/C13H12N2O/c16-13-12(14-6-7-15-13)11-3-1-2-10(8-11)9-4-5-9/h1-3,6-9H,4-5H2,(H,15,16). The van der Waals surface area contributed by atoms with Crippen LogP contribution in [0.3, 0.4) is 0 Å².